The maximum atomic E-state index is 12.0. The molecule has 0 amide bonds. The molecular weight excluding hydrogens is 275 g/mol. The first-order chi connectivity index (χ1) is 10.2. The lowest BCUT2D eigenvalue weighted by molar-refractivity contribution is -0.134. The van der Waals surface area contributed by atoms with Crippen LogP contribution in [0.5, 0.6) is 0 Å². The molecule has 1 aromatic carbocycles. The van der Waals surface area contributed by atoms with E-state index in [9.17, 15) is 4.79 Å². The molecule has 3 nitrogen and oxygen atoms in total. The number of rotatable bonds is 3. The number of carbonyl (C=O) groups is 1. The minimum Gasteiger partial charge on any atom is -0.403 e. The monoisotopic (exact) mass is 300 g/mol. The second-order valence-electron chi connectivity index (χ2n) is 7.78. The van der Waals surface area contributed by atoms with Crippen molar-refractivity contribution in [2.24, 2.45) is 5.92 Å². The molecule has 1 saturated heterocycles. The van der Waals surface area contributed by atoms with Gasteiger partial charge in [0.05, 0.1) is 11.2 Å². The van der Waals surface area contributed by atoms with Gasteiger partial charge in [-0.25, -0.2) is 0 Å². The van der Waals surface area contributed by atoms with Gasteiger partial charge in [0.15, 0.2) is 0 Å². The van der Waals surface area contributed by atoms with Crippen molar-refractivity contribution in [1.82, 2.24) is 0 Å². The Balaban J connectivity index is 1.87. The molecule has 1 aliphatic carbocycles. The average molecular weight is 300 g/mol. The van der Waals surface area contributed by atoms with E-state index in [0.29, 0.717) is 12.2 Å². The molecule has 1 aliphatic heterocycles. The van der Waals surface area contributed by atoms with Crippen LogP contribution in [0.4, 0.5) is 0 Å². The molecule has 0 unspecified atom stereocenters. The Kier molecular flexibility index (Phi) is 3.54. The van der Waals surface area contributed by atoms with Crippen molar-refractivity contribution in [2.75, 3.05) is 0 Å². The van der Waals surface area contributed by atoms with Gasteiger partial charge in [0.25, 0.3) is 0 Å². The molecule has 0 bridgehead atoms. The third-order valence-electron chi connectivity index (χ3n) is 5.98. The molecular formula is C18H25BO3. The number of benzene rings is 1. The molecule has 1 heterocycles. The number of carbonyl (C=O) groups excluding carboxylic acids is 1. The molecule has 0 aromatic heterocycles. The molecule has 0 radical (unpaired) electrons. The van der Waals surface area contributed by atoms with Crippen LogP contribution in [0.15, 0.2) is 30.3 Å². The maximum absolute atomic E-state index is 12.0. The van der Waals surface area contributed by atoms with E-state index in [-0.39, 0.29) is 29.7 Å². The Hall–Kier alpha value is -1.13. The summed E-state index contributed by atoms with van der Waals surface area (Å²) in [4.78, 5) is 12.0. The van der Waals surface area contributed by atoms with Crippen LogP contribution >= 0.6 is 0 Å². The van der Waals surface area contributed by atoms with Crippen molar-refractivity contribution < 1.29 is 14.1 Å². The van der Waals surface area contributed by atoms with E-state index in [1.807, 2.05) is 25.1 Å². The Morgan fingerprint density at radius 2 is 1.64 bits per heavy atom. The first-order valence-corrected chi connectivity index (χ1v) is 8.12. The van der Waals surface area contributed by atoms with Crippen LogP contribution in [0.2, 0.25) is 6.32 Å². The zero-order chi connectivity index (χ0) is 16.2. The highest BCUT2D eigenvalue weighted by molar-refractivity contribution is 6.46. The summed E-state index contributed by atoms with van der Waals surface area (Å²) in [6.45, 7) is 10.3. The minimum absolute atomic E-state index is 0.0222. The van der Waals surface area contributed by atoms with E-state index in [4.69, 9.17) is 9.31 Å². The molecule has 2 fully saturated rings. The highest BCUT2D eigenvalue weighted by atomic mass is 16.7. The standard InChI is InChI=1S/C18H25BO3/c1-13-15(20)11-18(13,14-9-7-6-8-10-14)12-19-21-16(2,3)17(4,5)22-19/h6-10,13H,11-12H2,1-5H3/t13-,18+/m0/s1. The van der Waals surface area contributed by atoms with E-state index in [2.05, 4.69) is 39.8 Å². The fraction of sp³-hybridized carbons (Fsp3) is 0.611. The summed E-state index contributed by atoms with van der Waals surface area (Å²) in [7, 11) is -0.263. The van der Waals surface area contributed by atoms with E-state index < -0.39 is 0 Å². The molecule has 0 N–H and O–H groups in total. The van der Waals surface area contributed by atoms with E-state index >= 15 is 0 Å². The fourth-order valence-corrected chi connectivity index (χ4v) is 3.63. The van der Waals surface area contributed by atoms with Crippen molar-refractivity contribution in [2.45, 2.75) is 64.0 Å². The summed E-state index contributed by atoms with van der Waals surface area (Å²) < 4.78 is 12.3. The topological polar surface area (TPSA) is 35.5 Å². The Bertz CT molecular complexity index is 565. The third-order valence-corrected chi connectivity index (χ3v) is 5.98. The maximum Gasteiger partial charge on any atom is 0.458 e. The van der Waals surface area contributed by atoms with Gasteiger partial charge in [-0.2, -0.15) is 0 Å². The molecule has 3 rings (SSSR count). The van der Waals surface area contributed by atoms with Crippen LogP contribution in [-0.2, 0) is 19.5 Å². The SMILES string of the molecule is C[C@H]1C(=O)C[C@]1(CB1OC(C)(C)C(C)(C)O1)c1ccccc1. The van der Waals surface area contributed by atoms with E-state index in [1.54, 1.807) is 0 Å². The van der Waals surface area contributed by atoms with Gasteiger partial charge in [-0.05, 0) is 39.6 Å². The second kappa shape index (κ2) is 4.94. The minimum atomic E-state index is -0.327. The highest BCUT2D eigenvalue weighted by Crippen LogP contribution is 2.52. The van der Waals surface area contributed by atoms with Gasteiger partial charge in [0.1, 0.15) is 5.78 Å². The number of ketones is 1. The zero-order valence-electron chi connectivity index (χ0n) is 14.2. The van der Waals surface area contributed by atoms with Crippen LogP contribution < -0.4 is 0 Å². The highest BCUT2D eigenvalue weighted by Gasteiger charge is 2.58. The molecule has 2 aliphatic rings. The quantitative estimate of drug-likeness (QED) is 0.800. The number of Topliss-reactive ketones (excluding diaryl/α,β-unsaturated/α-hetero) is 1. The lowest BCUT2D eigenvalue weighted by atomic mass is 9.49. The summed E-state index contributed by atoms with van der Waals surface area (Å²) in [6, 6.07) is 10.3. The predicted molar refractivity (Wildman–Crippen MR) is 87.8 cm³/mol. The van der Waals surface area contributed by atoms with Crippen molar-refractivity contribution in [3.63, 3.8) is 0 Å². The van der Waals surface area contributed by atoms with Crippen molar-refractivity contribution in [3.8, 4) is 0 Å². The summed E-state index contributed by atoms with van der Waals surface area (Å²) in [6.07, 6.45) is 1.32. The Morgan fingerprint density at radius 1 is 1.09 bits per heavy atom. The molecule has 1 aromatic rings. The largest absolute Gasteiger partial charge is 0.458 e. The van der Waals surface area contributed by atoms with Gasteiger partial charge in [0, 0.05) is 17.8 Å². The first-order valence-electron chi connectivity index (χ1n) is 8.12. The first kappa shape index (κ1) is 15.8. The van der Waals surface area contributed by atoms with Crippen LogP contribution in [0.1, 0.15) is 46.6 Å². The number of hydrogen-bond acceptors (Lipinski definition) is 3. The normalized spacial score (nSPS) is 32.9. The lowest BCUT2D eigenvalue weighted by Gasteiger charge is -2.47. The van der Waals surface area contributed by atoms with Crippen LogP contribution in [0.3, 0.4) is 0 Å². The predicted octanol–water partition coefficient (Wildman–Crippen LogP) is 3.63. The van der Waals surface area contributed by atoms with Crippen molar-refractivity contribution in [1.29, 1.82) is 0 Å². The summed E-state index contributed by atoms with van der Waals surface area (Å²) in [5, 5.41) is 0. The van der Waals surface area contributed by atoms with Crippen LogP contribution in [0.25, 0.3) is 0 Å². The molecule has 22 heavy (non-hydrogen) atoms. The average Bonchev–Trinajstić information content (AvgIpc) is 2.66. The third kappa shape index (κ3) is 2.24. The summed E-state index contributed by atoms with van der Waals surface area (Å²) in [5.74, 6) is 0.356. The molecule has 1 saturated carbocycles. The van der Waals surface area contributed by atoms with Gasteiger partial charge < -0.3 is 9.31 Å². The Morgan fingerprint density at radius 3 is 2.09 bits per heavy atom. The van der Waals surface area contributed by atoms with Crippen LogP contribution in [0, 0.1) is 5.92 Å². The summed E-state index contributed by atoms with van der Waals surface area (Å²) in [5.41, 5.74) is 0.412. The molecule has 4 heteroatoms. The van der Waals surface area contributed by atoms with E-state index in [0.717, 1.165) is 6.32 Å². The van der Waals surface area contributed by atoms with Gasteiger partial charge in [0.2, 0.25) is 0 Å². The lowest BCUT2D eigenvalue weighted by Crippen LogP contribution is -2.53. The van der Waals surface area contributed by atoms with Gasteiger partial charge in [-0.3, -0.25) is 4.79 Å². The van der Waals surface area contributed by atoms with Crippen molar-refractivity contribution in [3.05, 3.63) is 35.9 Å². The zero-order valence-corrected chi connectivity index (χ0v) is 14.2. The molecule has 2 atom stereocenters. The fourth-order valence-electron chi connectivity index (χ4n) is 3.63. The van der Waals surface area contributed by atoms with Gasteiger partial charge in [-0.15, -0.1) is 0 Å². The van der Waals surface area contributed by atoms with Gasteiger partial charge in [-0.1, -0.05) is 37.3 Å². The molecule has 118 valence electrons. The molecule has 0 spiro atoms. The van der Waals surface area contributed by atoms with E-state index in [1.165, 1.54) is 5.56 Å². The smallest absolute Gasteiger partial charge is 0.403 e. The Labute approximate surface area is 133 Å². The van der Waals surface area contributed by atoms with Gasteiger partial charge >= 0.3 is 7.12 Å². The van der Waals surface area contributed by atoms with Crippen molar-refractivity contribution >= 4 is 12.9 Å². The second-order valence-corrected chi connectivity index (χ2v) is 7.78. The number of hydrogen-bond donors (Lipinski definition) is 0. The summed E-state index contributed by atoms with van der Waals surface area (Å²) >= 11 is 0. The van der Waals surface area contributed by atoms with Crippen LogP contribution in [-0.4, -0.2) is 24.1 Å².